The van der Waals surface area contributed by atoms with Crippen LogP contribution in [0.4, 0.5) is 17.1 Å². The lowest BCUT2D eigenvalue weighted by atomic mass is 10.0. The molecular formula is C15H19N5O. The van der Waals surface area contributed by atoms with E-state index in [9.17, 15) is 4.79 Å². The standard InChI is InChI=1S/C15H19N5O/c16-12-10-13-11(3-4-15(21)19-13)9-14(12)17-5-1-7-20-8-2-6-18-20/h2,6,8-10,17H,1,3-5,7,16H2,(H,19,21). The summed E-state index contributed by atoms with van der Waals surface area (Å²) in [4.78, 5) is 11.4. The molecule has 0 unspecified atom stereocenters. The van der Waals surface area contributed by atoms with Gasteiger partial charge in [-0.3, -0.25) is 9.48 Å². The van der Waals surface area contributed by atoms with Crippen LogP contribution in [0.1, 0.15) is 18.4 Å². The average molecular weight is 285 g/mol. The van der Waals surface area contributed by atoms with Gasteiger partial charge in [-0.2, -0.15) is 5.10 Å². The number of nitrogens with one attached hydrogen (secondary N) is 2. The molecule has 1 aliphatic rings. The number of benzene rings is 1. The summed E-state index contributed by atoms with van der Waals surface area (Å²) in [6.07, 6.45) is 6.01. The summed E-state index contributed by atoms with van der Waals surface area (Å²) in [5, 5.41) is 10.4. The van der Waals surface area contributed by atoms with E-state index in [-0.39, 0.29) is 5.91 Å². The van der Waals surface area contributed by atoms with Crippen LogP contribution in [0.2, 0.25) is 0 Å². The van der Waals surface area contributed by atoms with Crippen LogP contribution in [-0.4, -0.2) is 22.2 Å². The summed E-state index contributed by atoms with van der Waals surface area (Å²) in [5.41, 5.74) is 9.61. The maximum absolute atomic E-state index is 11.4. The second-order valence-electron chi connectivity index (χ2n) is 5.19. The SMILES string of the molecule is Nc1cc2c(cc1NCCCn1cccn1)CCC(=O)N2. The Balaban J connectivity index is 1.59. The number of nitrogens with two attached hydrogens (primary N) is 1. The molecule has 1 aromatic carbocycles. The molecule has 0 saturated carbocycles. The molecule has 1 aliphatic heterocycles. The summed E-state index contributed by atoms with van der Waals surface area (Å²) in [6.45, 7) is 1.70. The molecule has 110 valence electrons. The van der Waals surface area contributed by atoms with Gasteiger partial charge < -0.3 is 16.4 Å². The van der Waals surface area contributed by atoms with Gasteiger partial charge in [-0.25, -0.2) is 0 Å². The number of nitrogen functional groups attached to an aromatic ring is 1. The van der Waals surface area contributed by atoms with Crippen LogP contribution in [0, 0.1) is 0 Å². The highest BCUT2D eigenvalue weighted by atomic mass is 16.1. The number of aromatic nitrogens is 2. The first-order valence-electron chi connectivity index (χ1n) is 7.16. The van der Waals surface area contributed by atoms with Gasteiger partial charge >= 0.3 is 0 Å². The van der Waals surface area contributed by atoms with E-state index in [1.807, 2.05) is 29.1 Å². The van der Waals surface area contributed by atoms with E-state index in [2.05, 4.69) is 15.7 Å². The first kappa shape index (κ1) is 13.5. The fourth-order valence-corrected chi connectivity index (χ4v) is 2.50. The molecule has 0 aliphatic carbocycles. The molecule has 6 nitrogen and oxygen atoms in total. The average Bonchev–Trinajstić information content (AvgIpc) is 2.97. The Kier molecular flexibility index (Phi) is 3.77. The lowest BCUT2D eigenvalue weighted by Crippen LogP contribution is -2.19. The van der Waals surface area contributed by atoms with E-state index in [1.165, 1.54) is 0 Å². The lowest BCUT2D eigenvalue weighted by molar-refractivity contribution is -0.116. The van der Waals surface area contributed by atoms with Crippen LogP contribution in [0.3, 0.4) is 0 Å². The summed E-state index contributed by atoms with van der Waals surface area (Å²) < 4.78 is 1.91. The number of hydrogen-bond acceptors (Lipinski definition) is 4. The van der Waals surface area contributed by atoms with Crippen LogP contribution in [-0.2, 0) is 17.8 Å². The number of aryl methyl sites for hydroxylation is 2. The third-order valence-electron chi connectivity index (χ3n) is 3.61. The fourth-order valence-electron chi connectivity index (χ4n) is 2.50. The monoisotopic (exact) mass is 285 g/mol. The molecule has 1 amide bonds. The van der Waals surface area contributed by atoms with Crippen molar-refractivity contribution in [2.24, 2.45) is 0 Å². The van der Waals surface area contributed by atoms with E-state index in [0.717, 1.165) is 42.9 Å². The number of anilines is 3. The van der Waals surface area contributed by atoms with Crippen LogP contribution in [0.15, 0.2) is 30.6 Å². The van der Waals surface area contributed by atoms with Gasteiger partial charge in [0, 0.05) is 37.6 Å². The molecule has 2 aromatic rings. The zero-order valence-corrected chi connectivity index (χ0v) is 11.8. The number of carbonyl (C=O) groups is 1. The van der Waals surface area contributed by atoms with Gasteiger partial charge in [-0.15, -0.1) is 0 Å². The van der Waals surface area contributed by atoms with Crippen LogP contribution in [0.5, 0.6) is 0 Å². The molecule has 1 aromatic heterocycles. The largest absolute Gasteiger partial charge is 0.397 e. The third kappa shape index (κ3) is 3.16. The van der Waals surface area contributed by atoms with Crippen molar-refractivity contribution in [3.8, 4) is 0 Å². The highest BCUT2D eigenvalue weighted by Crippen LogP contribution is 2.30. The normalized spacial score (nSPS) is 13.6. The minimum Gasteiger partial charge on any atom is -0.397 e. The second-order valence-corrected chi connectivity index (χ2v) is 5.19. The van der Waals surface area contributed by atoms with Gasteiger partial charge in [0.15, 0.2) is 0 Å². The van der Waals surface area contributed by atoms with Crippen molar-refractivity contribution in [2.75, 3.05) is 22.9 Å². The van der Waals surface area contributed by atoms with Crippen molar-refractivity contribution < 1.29 is 4.79 Å². The number of amides is 1. The van der Waals surface area contributed by atoms with E-state index >= 15 is 0 Å². The van der Waals surface area contributed by atoms with E-state index in [4.69, 9.17) is 5.73 Å². The first-order chi connectivity index (χ1) is 10.2. The van der Waals surface area contributed by atoms with E-state index in [0.29, 0.717) is 12.1 Å². The summed E-state index contributed by atoms with van der Waals surface area (Å²) in [5.74, 6) is 0.0573. The van der Waals surface area contributed by atoms with Crippen LogP contribution in [0.25, 0.3) is 0 Å². The Morgan fingerprint density at radius 3 is 3.10 bits per heavy atom. The van der Waals surface area contributed by atoms with Crippen LogP contribution >= 0.6 is 0 Å². The van der Waals surface area contributed by atoms with Gasteiger partial charge in [-0.05, 0) is 36.6 Å². The minimum absolute atomic E-state index is 0.0573. The number of nitrogens with zero attached hydrogens (tertiary/aromatic N) is 2. The van der Waals surface area contributed by atoms with Crippen molar-refractivity contribution in [1.29, 1.82) is 0 Å². The Bertz CT molecular complexity index is 636. The first-order valence-corrected chi connectivity index (χ1v) is 7.16. The third-order valence-corrected chi connectivity index (χ3v) is 3.61. The number of hydrogen-bond donors (Lipinski definition) is 3. The number of rotatable bonds is 5. The van der Waals surface area contributed by atoms with Gasteiger partial charge in [-0.1, -0.05) is 0 Å². The number of carbonyl (C=O) groups excluding carboxylic acids is 1. The molecule has 0 saturated heterocycles. The zero-order valence-electron chi connectivity index (χ0n) is 11.8. The van der Waals surface area contributed by atoms with Crippen molar-refractivity contribution in [2.45, 2.75) is 25.8 Å². The Labute approximate surface area is 123 Å². The molecule has 0 atom stereocenters. The quantitative estimate of drug-likeness (QED) is 0.578. The van der Waals surface area contributed by atoms with Crippen molar-refractivity contribution in [3.05, 3.63) is 36.2 Å². The minimum atomic E-state index is 0.0573. The lowest BCUT2D eigenvalue weighted by Gasteiger charge is -2.19. The van der Waals surface area contributed by atoms with Gasteiger partial charge in [0.1, 0.15) is 0 Å². The van der Waals surface area contributed by atoms with Crippen LogP contribution < -0.4 is 16.4 Å². The highest BCUT2D eigenvalue weighted by Gasteiger charge is 2.16. The maximum Gasteiger partial charge on any atom is 0.224 e. The summed E-state index contributed by atoms with van der Waals surface area (Å²) in [6, 6.07) is 5.80. The van der Waals surface area contributed by atoms with Crippen molar-refractivity contribution in [1.82, 2.24) is 9.78 Å². The predicted octanol–water partition coefficient (Wildman–Crippen LogP) is 1.85. The second kappa shape index (κ2) is 5.87. The molecule has 4 N–H and O–H groups in total. The van der Waals surface area contributed by atoms with Gasteiger partial charge in [0.05, 0.1) is 11.4 Å². The molecule has 0 radical (unpaired) electrons. The van der Waals surface area contributed by atoms with E-state index < -0.39 is 0 Å². The Morgan fingerprint density at radius 2 is 2.29 bits per heavy atom. The Hall–Kier alpha value is -2.50. The summed E-state index contributed by atoms with van der Waals surface area (Å²) in [7, 11) is 0. The molecule has 0 bridgehead atoms. The summed E-state index contributed by atoms with van der Waals surface area (Å²) >= 11 is 0. The highest BCUT2D eigenvalue weighted by molar-refractivity contribution is 5.95. The molecule has 0 fully saturated rings. The Morgan fingerprint density at radius 1 is 1.38 bits per heavy atom. The smallest absolute Gasteiger partial charge is 0.224 e. The molecule has 6 heteroatoms. The molecule has 3 rings (SSSR count). The van der Waals surface area contributed by atoms with E-state index in [1.54, 1.807) is 6.20 Å². The molecule has 2 heterocycles. The van der Waals surface area contributed by atoms with Gasteiger partial charge in [0.25, 0.3) is 0 Å². The van der Waals surface area contributed by atoms with Crippen molar-refractivity contribution in [3.63, 3.8) is 0 Å². The molecule has 0 spiro atoms. The molecular weight excluding hydrogens is 266 g/mol. The number of fused-ring (bicyclic) bond motifs is 1. The predicted molar refractivity (Wildman–Crippen MR) is 83.1 cm³/mol. The zero-order chi connectivity index (χ0) is 14.7. The van der Waals surface area contributed by atoms with Gasteiger partial charge in [0.2, 0.25) is 5.91 Å². The topological polar surface area (TPSA) is 85.0 Å². The molecule has 21 heavy (non-hydrogen) atoms. The van der Waals surface area contributed by atoms with Crippen molar-refractivity contribution >= 4 is 23.0 Å². The maximum atomic E-state index is 11.4. The fraction of sp³-hybridized carbons (Fsp3) is 0.333.